The van der Waals surface area contributed by atoms with Crippen molar-refractivity contribution in [2.75, 3.05) is 26.0 Å². The van der Waals surface area contributed by atoms with E-state index in [1.165, 1.54) is 0 Å². The molecule has 4 nitrogen and oxygen atoms in total. The zero-order chi connectivity index (χ0) is 16.1. The summed E-state index contributed by atoms with van der Waals surface area (Å²) in [6.45, 7) is 2.56. The van der Waals surface area contributed by atoms with E-state index in [9.17, 15) is 4.79 Å². The van der Waals surface area contributed by atoms with Gasteiger partial charge in [0.1, 0.15) is 0 Å². The van der Waals surface area contributed by atoms with Gasteiger partial charge >= 0.3 is 0 Å². The molecule has 116 valence electrons. The molecule has 0 aliphatic carbocycles. The van der Waals surface area contributed by atoms with E-state index in [1.54, 1.807) is 4.90 Å². The summed E-state index contributed by atoms with van der Waals surface area (Å²) in [6.07, 6.45) is 3.91. The predicted octanol–water partition coefficient (Wildman–Crippen LogP) is 2.26. The van der Waals surface area contributed by atoms with Gasteiger partial charge in [-0.3, -0.25) is 4.79 Å². The van der Waals surface area contributed by atoms with Crippen LogP contribution in [0.4, 0.5) is 5.69 Å². The fourth-order valence-electron chi connectivity index (χ4n) is 2.37. The highest BCUT2D eigenvalue weighted by molar-refractivity contribution is 5.78. The molecule has 2 rings (SSSR count). The highest BCUT2D eigenvalue weighted by Gasteiger charge is 2.25. The summed E-state index contributed by atoms with van der Waals surface area (Å²) in [5.74, 6) is 0.103. The van der Waals surface area contributed by atoms with Crippen molar-refractivity contribution in [1.82, 2.24) is 4.90 Å². The molecule has 1 heterocycles. The summed E-state index contributed by atoms with van der Waals surface area (Å²) in [5, 5.41) is 0. The number of nitrogens with zero attached hydrogens (tertiary/aromatic N) is 3. The molecule has 0 spiro atoms. The van der Waals surface area contributed by atoms with Gasteiger partial charge in [0.15, 0.2) is 12.4 Å². The van der Waals surface area contributed by atoms with E-state index in [0.717, 1.165) is 11.3 Å². The number of likely N-dealkylation sites (N-methyl/N-ethyl adjacent to an activating group) is 1. The Labute approximate surface area is 132 Å². The Morgan fingerprint density at radius 1 is 1.05 bits per heavy atom. The molecule has 0 unspecified atom stereocenters. The lowest BCUT2D eigenvalue weighted by molar-refractivity contribution is -0.706. The molecule has 1 atom stereocenters. The second-order valence-electron chi connectivity index (χ2n) is 5.75. The molecule has 1 aromatic carbocycles. The average molecular weight is 298 g/mol. The zero-order valence-corrected chi connectivity index (χ0v) is 13.7. The summed E-state index contributed by atoms with van der Waals surface area (Å²) < 4.78 is 1.94. The average Bonchev–Trinajstić information content (AvgIpc) is 2.54. The number of anilines is 1. The van der Waals surface area contributed by atoms with E-state index in [1.807, 2.05) is 92.4 Å². The molecule has 0 saturated carbocycles. The molecule has 0 aliphatic heterocycles. The number of hydrogen-bond donors (Lipinski definition) is 0. The van der Waals surface area contributed by atoms with Crippen LogP contribution in [-0.4, -0.2) is 32.0 Å². The van der Waals surface area contributed by atoms with Crippen molar-refractivity contribution in [1.29, 1.82) is 0 Å². The monoisotopic (exact) mass is 298 g/mol. The van der Waals surface area contributed by atoms with Crippen molar-refractivity contribution in [3.8, 4) is 0 Å². The van der Waals surface area contributed by atoms with Gasteiger partial charge in [-0.2, -0.15) is 4.57 Å². The van der Waals surface area contributed by atoms with Gasteiger partial charge in [-0.1, -0.05) is 30.3 Å². The maximum Gasteiger partial charge on any atom is 0.291 e. The zero-order valence-electron chi connectivity index (χ0n) is 13.7. The lowest BCUT2D eigenvalue weighted by Crippen LogP contribution is -2.46. The maximum atomic E-state index is 12.6. The maximum absolute atomic E-state index is 12.6. The summed E-state index contributed by atoms with van der Waals surface area (Å²) in [7, 11) is 5.85. The van der Waals surface area contributed by atoms with Gasteiger partial charge in [-0.15, -0.1) is 0 Å². The topological polar surface area (TPSA) is 27.4 Å². The molecule has 0 bridgehead atoms. The second-order valence-corrected chi connectivity index (χ2v) is 5.75. The molecule has 1 amide bonds. The van der Waals surface area contributed by atoms with E-state index < -0.39 is 0 Å². The third-order valence-electron chi connectivity index (χ3n) is 3.79. The lowest BCUT2D eigenvalue weighted by atomic mass is 10.2. The van der Waals surface area contributed by atoms with E-state index >= 15 is 0 Å². The van der Waals surface area contributed by atoms with Crippen molar-refractivity contribution in [3.05, 3.63) is 60.4 Å². The van der Waals surface area contributed by atoms with Gasteiger partial charge in [0, 0.05) is 52.4 Å². The highest BCUT2D eigenvalue weighted by Crippen LogP contribution is 2.10. The number of hydrogen-bond acceptors (Lipinski definition) is 2. The quantitative estimate of drug-likeness (QED) is 0.792. The standard InChI is InChI=1S/C18H24N3O/c1-15(21-12-10-17(11-13-21)19(2)3)18(22)20(4)14-16-8-6-5-7-9-16/h5-13,15H,14H2,1-4H3/q+1/t15-/m1/s1. The first-order valence-electron chi connectivity index (χ1n) is 7.46. The van der Waals surface area contributed by atoms with Crippen LogP contribution >= 0.6 is 0 Å². The first-order valence-corrected chi connectivity index (χ1v) is 7.46. The van der Waals surface area contributed by atoms with Gasteiger partial charge in [-0.25, -0.2) is 0 Å². The number of benzene rings is 1. The summed E-state index contributed by atoms with van der Waals surface area (Å²) in [4.78, 5) is 16.4. The molecule has 0 radical (unpaired) electrons. The minimum atomic E-state index is -0.218. The molecular weight excluding hydrogens is 274 g/mol. The summed E-state index contributed by atoms with van der Waals surface area (Å²) in [5.41, 5.74) is 2.26. The fourth-order valence-corrected chi connectivity index (χ4v) is 2.37. The van der Waals surface area contributed by atoms with Crippen LogP contribution in [0.15, 0.2) is 54.9 Å². The molecule has 0 aliphatic rings. The van der Waals surface area contributed by atoms with Gasteiger partial charge in [0.05, 0.1) is 0 Å². The molecule has 2 aromatic rings. The van der Waals surface area contributed by atoms with Crippen LogP contribution in [0.25, 0.3) is 0 Å². The number of carbonyl (C=O) groups excluding carboxylic acids is 1. The smallest absolute Gasteiger partial charge is 0.291 e. The Morgan fingerprint density at radius 2 is 1.64 bits per heavy atom. The number of amides is 1. The normalized spacial score (nSPS) is 11.8. The Kier molecular flexibility index (Phi) is 5.15. The molecular formula is C18H24N3O+. The van der Waals surface area contributed by atoms with Crippen LogP contribution in [-0.2, 0) is 11.3 Å². The number of aromatic nitrogens is 1. The number of carbonyl (C=O) groups is 1. The molecule has 0 saturated heterocycles. The third-order valence-corrected chi connectivity index (χ3v) is 3.79. The van der Waals surface area contributed by atoms with Crippen LogP contribution in [0, 0.1) is 0 Å². The lowest BCUT2D eigenvalue weighted by Gasteiger charge is -2.19. The van der Waals surface area contributed by atoms with E-state index in [-0.39, 0.29) is 11.9 Å². The number of pyridine rings is 1. The van der Waals surface area contributed by atoms with Crippen molar-refractivity contribution in [2.24, 2.45) is 0 Å². The largest absolute Gasteiger partial charge is 0.377 e. The minimum Gasteiger partial charge on any atom is -0.377 e. The minimum absolute atomic E-state index is 0.103. The summed E-state index contributed by atoms with van der Waals surface area (Å²) in [6, 6.07) is 13.8. The van der Waals surface area contributed by atoms with Crippen LogP contribution in [0.2, 0.25) is 0 Å². The second kappa shape index (κ2) is 7.07. The SMILES string of the molecule is C[C@H](C(=O)N(C)Cc1ccccc1)[n+]1ccc(N(C)C)cc1. The molecule has 1 aromatic heterocycles. The van der Waals surface area contributed by atoms with Gasteiger partial charge in [-0.05, 0) is 5.56 Å². The van der Waals surface area contributed by atoms with E-state index in [0.29, 0.717) is 6.54 Å². The van der Waals surface area contributed by atoms with Gasteiger partial charge < -0.3 is 9.80 Å². The van der Waals surface area contributed by atoms with Crippen LogP contribution in [0.5, 0.6) is 0 Å². The van der Waals surface area contributed by atoms with Gasteiger partial charge in [0.2, 0.25) is 6.04 Å². The Morgan fingerprint density at radius 3 is 2.18 bits per heavy atom. The molecule has 0 fully saturated rings. The molecule has 0 N–H and O–H groups in total. The van der Waals surface area contributed by atoms with Crippen LogP contribution in [0.3, 0.4) is 0 Å². The molecule has 22 heavy (non-hydrogen) atoms. The number of rotatable bonds is 5. The van der Waals surface area contributed by atoms with Gasteiger partial charge in [0.25, 0.3) is 5.91 Å². The Bertz CT molecular complexity index is 608. The van der Waals surface area contributed by atoms with Crippen LogP contribution < -0.4 is 9.47 Å². The van der Waals surface area contributed by atoms with Crippen LogP contribution in [0.1, 0.15) is 18.5 Å². The molecule has 4 heteroatoms. The van der Waals surface area contributed by atoms with Crippen molar-refractivity contribution in [2.45, 2.75) is 19.5 Å². The fraction of sp³-hybridized carbons (Fsp3) is 0.333. The van der Waals surface area contributed by atoms with E-state index in [4.69, 9.17) is 0 Å². The Balaban J connectivity index is 2.04. The predicted molar refractivity (Wildman–Crippen MR) is 88.6 cm³/mol. The van der Waals surface area contributed by atoms with E-state index in [2.05, 4.69) is 0 Å². The Hall–Kier alpha value is -2.36. The summed E-state index contributed by atoms with van der Waals surface area (Å²) >= 11 is 0. The third kappa shape index (κ3) is 3.85. The highest BCUT2D eigenvalue weighted by atomic mass is 16.2. The first-order chi connectivity index (χ1) is 10.5. The van der Waals surface area contributed by atoms with Crippen molar-refractivity contribution < 1.29 is 9.36 Å². The van der Waals surface area contributed by atoms with Crippen molar-refractivity contribution in [3.63, 3.8) is 0 Å². The van der Waals surface area contributed by atoms with Crippen molar-refractivity contribution >= 4 is 11.6 Å². The first kappa shape index (κ1) is 16.0.